The normalized spacial score (nSPS) is 20.7. The predicted octanol–water partition coefficient (Wildman–Crippen LogP) is 9.63. The number of hydrogen-bond acceptors (Lipinski definition) is 15. The Bertz CT molecular complexity index is 2860. The lowest BCUT2D eigenvalue weighted by atomic mass is 9.73. The van der Waals surface area contributed by atoms with Crippen molar-refractivity contribution in [2.75, 3.05) is 70.0 Å². The predicted molar refractivity (Wildman–Crippen MR) is 292 cm³/mol. The third-order valence-electron chi connectivity index (χ3n) is 14.3. The quantitative estimate of drug-likeness (QED) is 0.0181. The van der Waals surface area contributed by atoms with E-state index in [2.05, 4.69) is 22.5 Å². The number of nitro groups is 1. The highest BCUT2D eigenvalue weighted by atomic mass is 32.2. The number of halogens is 4. The Balaban J connectivity index is 1.05. The molecule has 0 aromatic heterocycles. The topological polar surface area (TPSA) is 209 Å². The van der Waals surface area contributed by atoms with E-state index in [1.807, 2.05) is 61.1 Å². The molecule has 0 aliphatic heterocycles. The lowest BCUT2D eigenvalue weighted by molar-refractivity contribution is -0.384. The third-order valence-corrected chi connectivity index (χ3v) is 19.3. The summed E-state index contributed by atoms with van der Waals surface area (Å²) in [6.45, 7) is 4.24. The second-order valence-corrected chi connectivity index (χ2v) is 25.7. The molecule has 0 heterocycles. The third kappa shape index (κ3) is 16.8. The number of carbonyl (C=O) groups excluding carboxylic acids is 2. The van der Waals surface area contributed by atoms with Gasteiger partial charge < -0.3 is 25.2 Å². The molecule has 4 aromatic rings. The Morgan fingerprint density at radius 3 is 1.92 bits per heavy atom. The van der Waals surface area contributed by atoms with Crippen LogP contribution in [0.1, 0.15) is 77.6 Å². The van der Waals surface area contributed by atoms with E-state index in [0.29, 0.717) is 56.0 Å². The lowest BCUT2D eigenvalue weighted by Crippen LogP contribution is -2.49. The SMILES string of the molecule is CCCCN(C)CC[C@H](CSc1ccccc1)Nc1ccc(S(=O)(=O)NC(=O)C2(F)CCC(C3CCC(OC)(C(=O)NS(=O)(=O)c4cc(F)c(N[C@H](CCN(C)C)CSc5ccc(F)cc5)c(F)c4)C3)CC2)cc1[N+](=O)[O-]. The fraction of sp³-hybridized carbons (Fsp3) is 0.509. The van der Waals surface area contributed by atoms with E-state index in [1.165, 1.54) is 37.1 Å². The first-order valence-corrected chi connectivity index (χ1v) is 30.5. The van der Waals surface area contributed by atoms with Crippen molar-refractivity contribution in [2.24, 2.45) is 11.8 Å². The van der Waals surface area contributed by atoms with Crippen molar-refractivity contribution in [1.82, 2.24) is 19.2 Å². The number of carbonyl (C=O) groups is 2. The van der Waals surface area contributed by atoms with Crippen molar-refractivity contribution >= 4 is 72.4 Å². The molecular weight excluding hydrogens is 1080 g/mol. The van der Waals surface area contributed by atoms with E-state index in [4.69, 9.17) is 4.74 Å². The number of nitro benzene ring substituents is 1. The van der Waals surface area contributed by atoms with Gasteiger partial charge in [-0.1, -0.05) is 31.5 Å². The second-order valence-electron chi connectivity index (χ2n) is 20.2. The van der Waals surface area contributed by atoms with E-state index in [9.17, 15) is 40.9 Å². The van der Waals surface area contributed by atoms with Gasteiger partial charge in [-0.3, -0.25) is 19.7 Å². The average molecular weight is 1150 g/mol. The number of sulfonamides is 2. The largest absolute Gasteiger partial charge is 0.377 e. The highest BCUT2D eigenvalue weighted by Gasteiger charge is 2.51. The summed E-state index contributed by atoms with van der Waals surface area (Å²) in [7, 11) is -2.74. The fourth-order valence-electron chi connectivity index (χ4n) is 9.66. The number of nitrogens with zero attached hydrogens (tertiary/aromatic N) is 3. The Kier molecular flexibility index (Phi) is 21.7. The van der Waals surface area contributed by atoms with Gasteiger partial charge in [0.1, 0.15) is 22.8 Å². The summed E-state index contributed by atoms with van der Waals surface area (Å²) in [6, 6.07) is 19.1. The maximum atomic E-state index is 16.5. The van der Waals surface area contributed by atoms with Crippen LogP contribution in [0, 0.1) is 39.4 Å². The zero-order valence-electron chi connectivity index (χ0n) is 43.9. The van der Waals surface area contributed by atoms with Gasteiger partial charge in [-0.2, -0.15) is 0 Å². The number of amides is 2. The zero-order chi connectivity index (χ0) is 56.1. The maximum Gasteiger partial charge on any atom is 0.293 e. The number of methoxy groups -OCH3 is 1. The minimum Gasteiger partial charge on any atom is -0.377 e. The Hall–Kier alpha value is -4.98. The van der Waals surface area contributed by atoms with Crippen molar-refractivity contribution in [3.63, 3.8) is 0 Å². The van der Waals surface area contributed by atoms with E-state index in [1.54, 1.807) is 28.6 Å². The van der Waals surface area contributed by atoms with Gasteiger partial charge in [-0.05, 0) is 177 Å². The van der Waals surface area contributed by atoms with Crippen LogP contribution in [0.4, 0.5) is 34.6 Å². The van der Waals surface area contributed by atoms with Gasteiger partial charge in [-0.25, -0.2) is 43.8 Å². The van der Waals surface area contributed by atoms with Crippen LogP contribution in [0.25, 0.3) is 0 Å². The molecule has 24 heteroatoms. The zero-order valence-corrected chi connectivity index (χ0v) is 47.1. The summed E-state index contributed by atoms with van der Waals surface area (Å²) >= 11 is 2.92. The molecule has 4 aromatic carbocycles. The van der Waals surface area contributed by atoms with Gasteiger partial charge in [0.25, 0.3) is 37.5 Å². The standard InChI is InChI=1S/C53H69F4N7O9S4/c1-6-7-27-63(4)29-23-39(34-74-41-11-9-8-10-12-41)58-47-18-17-43(32-48(47)64(67)68)76(69,70)60-50(65)52(57)24-19-36(20-25-52)37-21-26-53(33-37,73-5)51(66)61-77(71,72)44-30-45(55)49(46(56)31-44)59-40(22-28-62(2)3)35-75-42-15-13-38(54)14-16-42/h8-18,30-32,36-37,39-40,58-59H,6-7,19-29,33-35H2,1-5H3,(H,60,65)(H,61,66)/t36?,37?,39-,40-,52?,53?/m1/s1. The van der Waals surface area contributed by atoms with Crippen LogP contribution >= 0.6 is 23.5 Å². The number of alkyl halides is 1. The van der Waals surface area contributed by atoms with Crippen molar-refractivity contribution in [3.05, 3.63) is 112 Å². The van der Waals surface area contributed by atoms with E-state index in [-0.39, 0.29) is 62.1 Å². The second kappa shape index (κ2) is 27.3. The summed E-state index contributed by atoms with van der Waals surface area (Å²) in [5, 5.41) is 18.5. The van der Waals surface area contributed by atoms with Gasteiger partial charge >= 0.3 is 0 Å². The van der Waals surface area contributed by atoms with Crippen molar-refractivity contribution in [3.8, 4) is 0 Å². The molecule has 0 bridgehead atoms. The van der Waals surface area contributed by atoms with Gasteiger partial charge in [0.15, 0.2) is 17.3 Å². The lowest BCUT2D eigenvalue weighted by Gasteiger charge is -2.36. The minimum absolute atomic E-state index is 0.00250. The molecule has 2 fully saturated rings. The van der Waals surface area contributed by atoms with Crippen LogP contribution in [0.2, 0.25) is 0 Å². The highest BCUT2D eigenvalue weighted by molar-refractivity contribution is 7.99. The Labute approximate surface area is 457 Å². The van der Waals surface area contributed by atoms with Crippen LogP contribution in [-0.2, 0) is 34.4 Å². The smallest absolute Gasteiger partial charge is 0.293 e. The van der Waals surface area contributed by atoms with E-state index in [0.717, 1.165) is 41.3 Å². The molecule has 0 spiro atoms. The molecule has 77 heavy (non-hydrogen) atoms. The van der Waals surface area contributed by atoms with Gasteiger partial charge in [0, 0.05) is 46.6 Å². The van der Waals surface area contributed by atoms with Crippen LogP contribution in [-0.4, -0.2) is 126 Å². The molecule has 0 radical (unpaired) electrons. The molecular formula is C53H69F4N7O9S4. The first kappa shape index (κ1) is 61.2. The summed E-state index contributed by atoms with van der Waals surface area (Å²) in [4.78, 5) is 43.3. The molecule has 2 aliphatic rings. The summed E-state index contributed by atoms with van der Waals surface area (Å²) in [5.41, 5.74) is -5.33. The molecule has 422 valence electrons. The van der Waals surface area contributed by atoms with Crippen molar-refractivity contribution in [1.29, 1.82) is 0 Å². The van der Waals surface area contributed by atoms with Crippen molar-refractivity contribution in [2.45, 2.75) is 120 Å². The Morgan fingerprint density at radius 1 is 0.753 bits per heavy atom. The van der Waals surface area contributed by atoms with E-state index < -0.39 is 92.7 Å². The fourth-order valence-corrected chi connectivity index (χ4v) is 13.7. The minimum atomic E-state index is -4.85. The summed E-state index contributed by atoms with van der Waals surface area (Å²) in [6.07, 6.45) is 2.93. The number of nitrogens with one attached hydrogen (secondary N) is 4. The van der Waals surface area contributed by atoms with Gasteiger partial charge in [-0.15, -0.1) is 23.5 Å². The monoisotopic (exact) mass is 1150 g/mol. The summed E-state index contributed by atoms with van der Waals surface area (Å²) < 4.78 is 125. The number of anilines is 2. The maximum absolute atomic E-state index is 16.5. The number of ether oxygens (including phenoxy) is 1. The number of unbranched alkanes of at least 4 members (excludes halogenated alkanes) is 1. The average Bonchev–Trinajstić information content (AvgIpc) is 3.85. The number of thioether (sulfide) groups is 2. The molecule has 2 aliphatic carbocycles. The summed E-state index contributed by atoms with van der Waals surface area (Å²) in [5.74, 6) is -5.02. The number of hydrogen-bond donors (Lipinski definition) is 4. The van der Waals surface area contributed by atoms with Gasteiger partial charge in [0.2, 0.25) is 0 Å². The van der Waals surface area contributed by atoms with Crippen LogP contribution < -0.4 is 20.1 Å². The van der Waals surface area contributed by atoms with Crippen LogP contribution in [0.15, 0.2) is 105 Å². The number of benzene rings is 4. The molecule has 2 amide bonds. The molecule has 2 saturated carbocycles. The molecule has 4 N–H and O–H groups in total. The number of rotatable bonds is 28. The first-order valence-electron chi connectivity index (χ1n) is 25.5. The molecule has 2 unspecified atom stereocenters. The van der Waals surface area contributed by atoms with Crippen LogP contribution in [0.5, 0.6) is 0 Å². The van der Waals surface area contributed by atoms with Crippen molar-refractivity contribution < 1.29 is 53.6 Å². The molecule has 4 atom stereocenters. The first-order chi connectivity index (χ1) is 36.5. The molecule has 0 saturated heterocycles. The van der Waals surface area contributed by atoms with E-state index >= 15 is 13.2 Å². The molecule has 6 rings (SSSR count). The Morgan fingerprint density at radius 2 is 1.32 bits per heavy atom. The van der Waals surface area contributed by atoms with Gasteiger partial charge in [0.05, 0.1) is 14.7 Å². The van der Waals surface area contributed by atoms with Crippen LogP contribution in [0.3, 0.4) is 0 Å². The molecule has 16 nitrogen and oxygen atoms in total. The highest BCUT2D eigenvalue weighted by Crippen LogP contribution is 2.48.